The van der Waals surface area contributed by atoms with Crippen molar-refractivity contribution >= 4 is 32.7 Å². The van der Waals surface area contributed by atoms with Crippen LogP contribution in [0.25, 0.3) is 4.91 Å². The van der Waals surface area contributed by atoms with Gasteiger partial charge in [0.15, 0.2) is 0 Å². The van der Waals surface area contributed by atoms with Crippen LogP contribution in [0.1, 0.15) is 54.2 Å². The van der Waals surface area contributed by atoms with Gasteiger partial charge in [-0.25, -0.2) is 17.2 Å². The smallest absolute Gasteiger partial charge is 0.325 e. The fraction of sp³-hybridized carbons (Fsp3) is 0.429. The zero-order chi connectivity index (χ0) is 22.7. The molecule has 2 heterocycles. The lowest BCUT2D eigenvalue weighted by Crippen LogP contribution is -2.48. The first kappa shape index (κ1) is 21.6. The predicted octanol–water partition coefficient (Wildman–Crippen LogP) is 3.91. The highest BCUT2D eigenvalue weighted by molar-refractivity contribution is 8.18. The van der Waals surface area contributed by atoms with Crippen LogP contribution >= 0.6 is 11.8 Å². The Morgan fingerprint density at radius 1 is 1.34 bits per heavy atom. The molecule has 11 heteroatoms. The normalized spacial score (nSPS) is 29.2. The van der Waals surface area contributed by atoms with Crippen LogP contribution in [-0.2, 0) is 21.2 Å². The molecule has 0 spiro atoms. The number of sulfonamides is 1. The minimum absolute atomic E-state index is 0.105. The number of alkyl halides is 2. The molecule has 4 unspecified atom stereocenters. The van der Waals surface area contributed by atoms with Gasteiger partial charge >= 0.3 is 5.97 Å². The minimum Gasteiger partial charge on any atom is -0.480 e. The van der Waals surface area contributed by atoms with E-state index < -0.39 is 44.2 Å². The van der Waals surface area contributed by atoms with Gasteiger partial charge in [-0.1, -0.05) is 35.5 Å². The fourth-order valence-corrected chi connectivity index (χ4v) is 8.14. The number of carbonyl (C=O) groups is 1. The second-order valence-electron chi connectivity index (χ2n) is 8.26. The number of carboxylic acids is 1. The molecular formula is C21H20F2N2O5S2. The third-order valence-corrected chi connectivity index (χ3v) is 10.1. The lowest BCUT2D eigenvalue weighted by atomic mass is 9.97. The Hall–Kier alpha value is -2.24. The van der Waals surface area contributed by atoms with Crippen LogP contribution in [0.5, 0.6) is 0 Å². The van der Waals surface area contributed by atoms with Gasteiger partial charge in [0.2, 0.25) is 15.8 Å². The fourth-order valence-electron chi connectivity index (χ4n) is 4.97. The maximum atomic E-state index is 13.2. The lowest BCUT2D eigenvalue weighted by Gasteiger charge is -2.21. The van der Waals surface area contributed by atoms with Crippen molar-refractivity contribution < 1.29 is 31.6 Å². The molecule has 1 aliphatic heterocycles. The van der Waals surface area contributed by atoms with E-state index in [0.29, 0.717) is 11.3 Å². The average molecular weight is 483 g/mol. The summed E-state index contributed by atoms with van der Waals surface area (Å²) in [4.78, 5) is 12.8. The highest BCUT2D eigenvalue weighted by Crippen LogP contribution is 2.62. The monoisotopic (exact) mass is 482 g/mol. The Labute approximate surface area is 187 Å². The van der Waals surface area contributed by atoms with E-state index in [1.54, 1.807) is 6.08 Å². The summed E-state index contributed by atoms with van der Waals surface area (Å²) in [5.41, 5.74) is 0.513. The standard InChI is InChI=1S/C21H20F2N2O5S2/c22-19(23)15-10-14(24-30-15)16-8-9-17(31-16)32(28,29)25-21(20(26)27)13-7-3-5-11-4-1-2-6-12(11)18(13)21/h1-2,4,6,8,10,13,17-19,25H,3,5,7,9H2,(H,26,27). The number of nitrogens with one attached hydrogen (secondary N) is 1. The Bertz CT molecular complexity index is 1210. The average Bonchev–Trinajstić information content (AvgIpc) is 3.08. The van der Waals surface area contributed by atoms with Gasteiger partial charge in [0, 0.05) is 16.9 Å². The molecule has 7 nitrogen and oxygen atoms in total. The van der Waals surface area contributed by atoms with Gasteiger partial charge in [0.1, 0.15) is 15.8 Å². The van der Waals surface area contributed by atoms with Gasteiger partial charge in [-0.2, -0.15) is 4.72 Å². The first-order valence-corrected chi connectivity index (χ1v) is 12.6. The first-order valence-electron chi connectivity index (χ1n) is 10.2. The minimum atomic E-state index is -4.05. The van der Waals surface area contributed by atoms with Gasteiger partial charge in [0.25, 0.3) is 6.43 Å². The number of rotatable bonds is 6. The zero-order valence-corrected chi connectivity index (χ0v) is 18.3. The number of nitrogens with zero attached hydrogens (tertiary/aromatic N) is 1. The molecule has 0 amide bonds. The topological polar surface area (TPSA) is 110 Å². The van der Waals surface area contributed by atoms with Gasteiger partial charge in [-0.15, -0.1) is 11.8 Å². The van der Waals surface area contributed by atoms with Crippen LogP contribution in [0.2, 0.25) is 0 Å². The van der Waals surface area contributed by atoms with Crippen LogP contribution in [0.3, 0.4) is 0 Å². The second-order valence-corrected chi connectivity index (χ2v) is 11.7. The third-order valence-electron chi connectivity index (χ3n) is 6.48. The third kappa shape index (κ3) is 3.37. The predicted molar refractivity (Wildman–Crippen MR) is 113 cm³/mol. The van der Waals surface area contributed by atoms with E-state index in [9.17, 15) is 27.1 Å². The summed E-state index contributed by atoms with van der Waals surface area (Å²) in [5.74, 6) is -2.51. The Kier molecular flexibility index (Phi) is 5.18. The number of fused-ring (bicyclic) bond motifs is 3. The van der Waals surface area contributed by atoms with Gasteiger partial charge in [0.05, 0.1) is 0 Å². The molecule has 2 N–H and O–H groups in total. The van der Waals surface area contributed by atoms with E-state index >= 15 is 0 Å². The summed E-state index contributed by atoms with van der Waals surface area (Å²) >= 11 is 0.949. The molecule has 2 aliphatic carbocycles. The SMILES string of the molecule is O=C(O)C1(NS(=O)(=O)C2CC=C(c3cc(C(F)F)on3)S2)C2CCCc3ccccc3C21. The van der Waals surface area contributed by atoms with Crippen LogP contribution < -0.4 is 4.72 Å². The highest BCUT2D eigenvalue weighted by atomic mass is 32.3. The highest BCUT2D eigenvalue weighted by Gasteiger charge is 2.72. The van der Waals surface area contributed by atoms with Crippen LogP contribution in [0.4, 0.5) is 8.78 Å². The van der Waals surface area contributed by atoms with Gasteiger partial charge in [-0.3, -0.25) is 4.79 Å². The van der Waals surface area contributed by atoms with E-state index in [1.807, 2.05) is 24.3 Å². The molecule has 0 saturated heterocycles. The number of aliphatic carboxylic acids is 1. The van der Waals surface area contributed by atoms with E-state index in [2.05, 4.69) is 14.4 Å². The number of hydrogen-bond acceptors (Lipinski definition) is 6. The number of aromatic nitrogens is 1. The largest absolute Gasteiger partial charge is 0.480 e. The van der Waals surface area contributed by atoms with Crippen molar-refractivity contribution in [3.63, 3.8) is 0 Å². The lowest BCUT2D eigenvalue weighted by molar-refractivity contribution is -0.140. The molecule has 170 valence electrons. The molecular weight excluding hydrogens is 462 g/mol. The van der Waals surface area contributed by atoms with Crippen molar-refractivity contribution in [1.29, 1.82) is 0 Å². The Balaban J connectivity index is 1.38. The molecule has 1 saturated carbocycles. The number of thioether (sulfide) groups is 1. The van der Waals surface area contributed by atoms with Crippen molar-refractivity contribution in [1.82, 2.24) is 9.88 Å². The maximum Gasteiger partial charge on any atom is 0.325 e. The van der Waals surface area contributed by atoms with Gasteiger partial charge in [-0.05, 0) is 42.7 Å². The van der Waals surface area contributed by atoms with Crippen molar-refractivity contribution in [3.05, 3.63) is 59.0 Å². The maximum absolute atomic E-state index is 13.2. The van der Waals surface area contributed by atoms with Crippen LogP contribution in [-0.4, -0.2) is 34.8 Å². The Morgan fingerprint density at radius 2 is 2.12 bits per heavy atom. The van der Waals surface area contributed by atoms with Crippen molar-refractivity contribution in [2.24, 2.45) is 5.92 Å². The van der Waals surface area contributed by atoms with E-state index in [-0.39, 0.29) is 18.0 Å². The number of aryl methyl sites for hydroxylation is 1. The summed E-state index contributed by atoms with van der Waals surface area (Å²) in [6, 6.07) is 8.67. The molecule has 4 atom stereocenters. The molecule has 2 aromatic rings. The summed E-state index contributed by atoms with van der Waals surface area (Å²) in [6.45, 7) is 0. The number of carboxylic acid groups (broad SMARTS) is 1. The molecule has 32 heavy (non-hydrogen) atoms. The zero-order valence-electron chi connectivity index (χ0n) is 16.7. The molecule has 3 aliphatic rings. The summed E-state index contributed by atoms with van der Waals surface area (Å²) in [7, 11) is -4.05. The van der Waals surface area contributed by atoms with Crippen LogP contribution in [0.15, 0.2) is 40.9 Å². The molecule has 1 aromatic carbocycles. The van der Waals surface area contributed by atoms with Crippen LogP contribution in [0, 0.1) is 5.92 Å². The molecule has 0 bridgehead atoms. The Morgan fingerprint density at radius 3 is 2.84 bits per heavy atom. The van der Waals surface area contributed by atoms with E-state index in [1.165, 1.54) is 0 Å². The van der Waals surface area contributed by atoms with Gasteiger partial charge < -0.3 is 9.63 Å². The molecule has 5 rings (SSSR count). The quantitative estimate of drug-likeness (QED) is 0.642. The first-order chi connectivity index (χ1) is 15.2. The number of halogens is 2. The number of hydrogen-bond donors (Lipinski definition) is 2. The molecule has 1 fully saturated rings. The molecule has 0 radical (unpaired) electrons. The molecule has 1 aromatic heterocycles. The number of benzene rings is 1. The number of allylic oxidation sites excluding steroid dienone is 1. The second kappa shape index (κ2) is 7.67. The summed E-state index contributed by atoms with van der Waals surface area (Å²) in [6.07, 6.45) is 1.13. The van der Waals surface area contributed by atoms with Crippen molar-refractivity contribution in [2.45, 2.75) is 48.1 Å². The summed E-state index contributed by atoms with van der Waals surface area (Å²) < 4.78 is 58.1. The van der Waals surface area contributed by atoms with Crippen molar-refractivity contribution in [2.75, 3.05) is 0 Å². The van der Waals surface area contributed by atoms with Crippen molar-refractivity contribution in [3.8, 4) is 0 Å². The summed E-state index contributed by atoms with van der Waals surface area (Å²) in [5, 5.41) is 13.7. The van der Waals surface area contributed by atoms with E-state index in [4.69, 9.17) is 0 Å². The van der Waals surface area contributed by atoms with E-state index in [0.717, 1.165) is 41.8 Å².